The lowest BCUT2D eigenvalue weighted by molar-refractivity contribution is 1.04. The second kappa shape index (κ2) is 6.12. The Kier molecular flexibility index (Phi) is 4.79. The summed E-state index contributed by atoms with van der Waals surface area (Å²) in [5.41, 5.74) is 1.37. The lowest BCUT2D eigenvalue weighted by Crippen LogP contribution is -2.09. The molecule has 1 aliphatic heterocycles. The lowest BCUT2D eigenvalue weighted by atomic mass is 10.2. The van der Waals surface area contributed by atoms with Gasteiger partial charge in [0.05, 0.1) is 4.58 Å². The molecule has 1 heterocycles. The van der Waals surface area contributed by atoms with Crippen LogP contribution in [0.1, 0.15) is 12.0 Å². The maximum absolute atomic E-state index is 3.35. The number of benzene rings is 1. The zero-order valence-electron chi connectivity index (χ0n) is 8.86. The normalized spacial score (nSPS) is 17.9. The van der Waals surface area contributed by atoms with Crippen LogP contribution in [0.5, 0.6) is 0 Å². The molecule has 1 aliphatic rings. The van der Waals surface area contributed by atoms with Gasteiger partial charge in [-0.15, -0.1) is 35.3 Å². The molecule has 1 fully saturated rings. The van der Waals surface area contributed by atoms with E-state index >= 15 is 0 Å². The molecule has 0 unspecified atom stereocenters. The summed E-state index contributed by atoms with van der Waals surface area (Å²) in [4.78, 5) is 1.36. The van der Waals surface area contributed by atoms with Crippen molar-refractivity contribution in [3.8, 4) is 0 Å². The molecular formula is C12H15S3. The standard InChI is InChI=1S/C12H15S3/c1-13-11-5-2-4-10(8-11)9-12-14-6-3-7-15-12/h2,5,8,12H,3,6-7,9H2,1H3. The van der Waals surface area contributed by atoms with Crippen molar-refractivity contribution in [3.05, 3.63) is 29.8 Å². The molecule has 0 nitrogen and oxygen atoms in total. The molecule has 1 saturated heterocycles. The third-order valence-corrected chi connectivity index (χ3v) is 6.02. The summed E-state index contributed by atoms with van der Waals surface area (Å²) in [6.45, 7) is 0. The van der Waals surface area contributed by atoms with Crippen molar-refractivity contribution in [2.24, 2.45) is 0 Å². The van der Waals surface area contributed by atoms with Crippen molar-refractivity contribution in [1.29, 1.82) is 0 Å². The van der Waals surface area contributed by atoms with Gasteiger partial charge in [-0.3, -0.25) is 0 Å². The summed E-state index contributed by atoms with van der Waals surface area (Å²) in [5, 5.41) is 0. The molecule has 2 rings (SSSR count). The second-order valence-corrected chi connectivity index (χ2v) is 7.28. The van der Waals surface area contributed by atoms with Crippen LogP contribution in [0.2, 0.25) is 0 Å². The van der Waals surface area contributed by atoms with Gasteiger partial charge in [0, 0.05) is 4.90 Å². The Balaban J connectivity index is 1.96. The van der Waals surface area contributed by atoms with Crippen LogP contribution in [0.4, 0.5) is 0 Å². The topological polar surface area (TPSA) is 0 Å². The third kappa shape index (κ3) is 3.65. The Morgan fingerprint density at radius 2 is 2.27 bits per heavy atom. The van der Waals surface area contributed by atoms with E-state index < -0.39 is 0 Å². The van der Waals surface area contributed by atoms with E-state index in [9.17, 15) is 0 Å². The number of rotatable bonds is 3. The molecule has 81 valence electrons. The number of hydrogen-bond donors (Lipinski definition) is 0. The summed E-state index contributed by atoms with van der Waals surface area (Å²) in [6, 6.07) is 9.82. The Morgan fingerprint density at radius 1 is 1.47 bits per heavy atom. The molecule has 1 aromatic carbocycles. The van der Waals surface area contributed by atoms with Crippen LogP contribution in [0.3, 0.4) is 0 Å². The summed E-state index contributed by atoms with van der Waals surface area (Å²) in [5.74, 6) is 2.67. The van der Waals surface area contributed by atoms with Crippen molar-refractivity contribution in [2.75, 3.05) is 17.8 Å². The number of hydrogen-bond acceptors (Lipinski definition) is 3. The van der Waals surface area contributed by atoms with Crippen molar-refractivity contribution in [2.45, 2.75) is 22.3 Å². The zero-order chi connectivity index (χ0) is 10.5. The Morgan fingerprint density at radius 3 is 3.00 bits per heavy atom. The smallest absolute Gasteiger partial charge is 0.0542 e. The van der Waals surface area contributed by atoms with Crippen molar-refractivity contribution in [1.82, 2.24) is 0 Å². The maximum atomic E-state index is 3.35. The summed E-state index contributed by atoms with van der Waals surface area (Å²) >= 11 is 6.03. The first kappa shape index (κ1) is 11.7. The maximum Gasteiger partial charge on any atom is 0.0542 e. The fourth-order valence-corrected chi connectivity index (χ4v) is 4.92. The quantitative estimate of drug-likeness (QED) is 0.751. The monoisotopic (exact) mass is 255 g/mol. The number of thioether (sulfide) groups is 3. The molecular weight excluding hydrogens is 240 g/mol. The molecule has 0 aromatic heterocycles. The largest absolute Gasteiger partial charge is 0.147 e. The SMILES string of the molecule is CSc1cc[c]c(CC2SCCCS2)c1. The molecule has 0 aliphatic carbocycles. The van der Waals surface area contributed by atoms with E-state index in [1.165, 1.54) is 34.8 Å². The molecule has 1 aromatic rings. The van der Waals surface area contributed by atoms with Gasteiger partial charge < -0.3 is 0 Å². The van der Waals surface area contributed by atoms with Crippen LogP contribution in [0.25, 0.3) is 0 Å². The predicted octanol–water partition coefficient (Wildman–Crippen LogP) is 3.95. The highest BCUT2D eigenvalue weighted by Gasteiger charge is 2.14. The average molecular weight is 255 g/mol. The van der Waals surface area contributed by atoms with Crippen LogP contribution < -0.4 is 0 Å². The summed E-state index contributed by atoms with van der Waals surface area (Å²) in [6.07, 6.45) is 4.67. The third-order valence-electron chi connectivity index (χ3n) is 2.35. The van der Waals surface area contributed by atoms with E-state index in [-0.39, 0.29) is 0 Å². The van der Waals surface area contributed by atoms with Crippen LogP contribution in [-0.4, -0.2) is 22.3 Å². The Bertz CT molecular complexity index is 305. The molecule has 0 N–H and O–H groups in total. The Hall–Kier alpha value is 0.270. The minimum absolute atomic E-state index is 0.757. The first-order chi connectivity index (χ1) is 7.38. The van der Waals surface area contributed by atoms with Gasteiger partial charge in [-0.1, -0.05) is 6.07 Å². The molecule has 3 heteroatoms. The molecule has 0 spiro atoms. The van der Waals surface area contributed by atoms with Gasteiger partial charge >= 0.3 is 0 Å². The van der Waals surface area contributed by atoms with E-state index in [0.717, 1.165) is 4.58 Å². The van der Waals surface area contributed by atoms with E-state index in [1.54, 1.807) is 0 Å². The summed E-state index contributed by atoms with van der Waals surface area (Å²) in [7, 11) is 0. The fraction of sp³-hybridized carbons (Fsp3) is 0.500. The van der Waals surface area contributed by atoms with Gasteiger partial charge in [0.1, 0.15) is 0 Å². The van der Waals surface area contributed by atoms with Gasteiger partial charge in [0.2, 0.25) is 0 Å². The van der Waals surface area contributed by atoms with Crippen LogP contribution >= 0.6 is 35.3 Å². The van der Waals surface area contributed by atoms with Gasteiger partial charge in [-0.2, -0.15) is 0 Å². The molecule has 1 radical (unpaired) electrons. The van der Waals surface area contributed by atoms with Gasteiger partial charge in [-0.25, -0.2) is 0 Å². The van der Waals surface area contributed by atoms with Crippen LogP contribution in [0, 0.1) is 6.07 Å². The van der Waals surface area contributed by atoms with Crippen molar-refractivity contribution >= 4 is 35.3 Å². The minimum atomic E-state index is 0.757. The molecule has 0 saturated carbocycles. The van der Waals surface area contributed by atoms with E-state index in [1.807, 2.05) is 11.8 Å². The van der Waals surface area contributed by atoms with Crippen LogP contribution in [-0.2, 0) is 6.42 Å². The fourth-order valence-electron chi connectivity index (χ4n) is 1.57. The summed E-state index contributed by atoms with van der Waals surface area (Å²) < 4.78 is 0.757. The van der Waals surface area contributed by atoms with Crippen molar-refractivity contribution < 1.29 is 0 Å². The Labute approximate surface area is 105 Å². The van der Waals surface area contributed by atoms with E-state index in [0.29, 0.717) is 0 Å². The zero-order valence-corrected chi connectivity index (χ0v) is 11.3. The van der Waals surface area contributed by atoms with E-state index in [2.05, 4.69) is 54.0 Å². The van der Waals surface area contributed by atoms with Gasteiger partial charge in [0.25, 0.3) is 0 Å². The molecule has 0 amide bonds. The lowest BCUT2D eigenvalue weighted by Gasteiger charge is -2.20. The van der Waals surface area contributed by atoms with Gasteiger partial charge in [-0.05, 0) is 54.4 Å². The van der Waals surface area contributed by atoms with Crippen molar-refractivity contribution in [3.63, 3.8) is 0 Å². The minimum Gasteiger partial charge on any atom is -0.147 e. The average Bonchev–Trinajstić information content (AvgIpc) is 2.31. The molecule has 0 atom stereocenters. The molecule has 15 heavy (non-hydrogen) atoms. The van der Waals surface area contributed by atoms with E-state index in [4.69, 9.17) is 0 Å². The second-order valence-electron chi connectivity index (χ2n) is 3.48. The highest BCUT2D eigenvalue weighted by molar-refractivity contribution is 8.17. The first-order valence-electron chi connectivity index (χ1n) is 5.16. The van der Waals surface area contributed by atoms with Gasteiger partial charge in [0.15, 0.2) is 0 Å². The first-order valence-corrected chi connectivity index (χ1v) is 8.48. The predicted molar refractivity (Wildman–Crippen MR) is 74.1 cm³/mol. The molecule has 0 bridgehead atoms. The highest BCUT2D eigenvalue weighted by Crippen LogP contribution is 2.33. The highest BCUT2D eigenvalue weighted by atomic mass is 32.2. The van der Waals surface area contributed by atoms with Crippen LogP contribution in [0.15, 0.2) is 23.1 Å².